The monoisotopic (exact) mass is 166 g/mol. The highest BCUT2D eigenvalue weighted by molar-refractivity contribution is 5.82. The molecular weight excluding hydrogens is 156 g/mol. The fourth-order valence-electron chi connectivity index (χ4n) is 1.38. The van der Waals surface area contributed by atoms with Gasteiger partial charge in [-0.1, -0.05) is 0 Å². The topological polar surface area (TPSA) is 79.2 Å². The van der Waals surface area contributed by atoms with Crippen LogP contribution in [0.5, 0.6) is 0 Å². The standard InChI is InChI=1S/C7H10N4O/c8-7(12)6-5-4(10-11-6)2-1-3-9-5/h1-3,5-6,9-11H,(H2,8,12). The number of hydrazine groups is 1. The van der Waals surface area contributed by atoms with Crippen LogP contribution >= 0.6 is 0 Å². The number of hydrogen-bond donors (Lipinski definition) is 4. The average Bonchev–Trinajstić information content (AvgIpc) is 2.47. The number of carbonyl (C=O) groups is 1. The van der Waals surface area contributed by atoms with Crippen LogP contribution in [-0.2, 0) is 4.79 Å². The average molecular weight is 166 g/mol. The van der Waals surface area contributed by atoms with E-state index in [1.165, 1.54) is 0 Å². The first-order valence-corrected chi connectivity index (χ1v) is 3.72. The second kappa shape index (κ2) is 2.53. The lowest BCUT2D eigenvalue weighted by atomic mass is 10.1. The summed E-state index contributed by atoms with van der Waals surface area (Å²) in [5.41, 5.74) is 11.8. The first-order valence-electron chi connectivity index (χ1n) is 3.72. The Labute approximate surface area is 69.7 Å². The molecule has 0 aliphatic carbocycles. The number of carbonyl (C=O) groups excluding carboxylic acids is 1. The predicted octanol–water partition coefficient (Wildman–Crippen LogP) is -1.68. The van der Waals surface area contributed by atoms with Crippen molar-refractivity contribution in [2.75, 3.05) is 0 Å². The molecule has 5 N–H and O–H groups in total. The highest BCUT2D eigenvalue weighted by Gasteiger charge is 2.34. The van der Waals surface area contributed by atoms with Gasteiger partial charge in [-0.2, -0.15) is 0 Å². The lowest BCUT2D eigenvalue weighted by Crippen LogP contribution is -2.48. The van der Waals surface area contributed by atoms with Crippen molar-refractivity contribution in [3.8, 4) is 0 Å². The molecular formula is C7H10N4O. The first kappa shape index (κ1) is 7.17. The molecule has 12 heavy (non-hydrogen) atoms. The number of amides is 1. The second-order valence-electron chi connectivity index (χ2n) is 2.77. The quantitative estimate of drug-likeness (QED) is 0.375. The van der Waals surface area contributed by atoms with Gasteiger partial charge >= 0.3 is 0 Å². The Bertz CT molecular complexity index is 271. The molecule has 64 valence electrons. The minimum atomic E-state index is -0.374. The summed E-state index contributed by atoms with van der Waals surface area (Å²) in [6.45, 7) is 0. The van der Waals surface area contributed by atoms with Gasteiger partial charge in [-0.15, -0.1) is 0 Å². The summed E-state index contributed by atoms with van der Waals surface area (Å²) >= 11 is 0. The van der Waals surface area contributed by atoms with Gasteiger partial charge in [0.1, 0.15) is 6.04 Å². The lowest BCUT2D eigenvalue weighted by molar-refractivity contribution is -0.120. The van der Waals surface area contributed by atoms with Crippen LogP contribution in [0.4, 0.5) is 0 Å². The number of fused-ring (bicyclic) bond motifs is 1. The molecule has 1 amide bonds. The molecule has 0 aromatic rings. The van der Waals surface area contributed by atoms with E-state index in [9.17, 15) is 4.79 Å². The number of primary amides is 1. The summed E-state index contributed by atoms with van der Waals surface area (Å²) in [7, 11) is 0. The summed E-state index contributed by atoms with van der Waals surface area (Å²) in [5, 5.41) is 3.04. The van der Waals surface area contributed by atoms with Crippen LogP contribution in [0.15, 0.2) is 24.0 Å². The van der Waals surface area contributed by atoms with Crippen molar-refractivity contribution in [1.82, 2.24) is 16.2 Å². The van der Waals surface area contributed by atoms with Gasteiger partial charge in [0, 0.05) is 0 Å². The number of hydrogen-bond acceptors (Lipinski definition) is 4. The minimum absolute atomic E-state index is 0.0486. The molecule has 0 radical (unpaired) electrons. The van der Waals surface area contributed by atoms with Crippen LogP contribution in [0.25, 0.3) is 0 Å². The molecule has 2 aliphatic rings. The smallest absolute Gasteiger partial charge is 0.238 e. The molecule has 2 heterocycles. The van der Waals surface area contributed by atoms with E-state index in [2.05, 4.69) is 16.2 Å². The Hall–Kier alpha value is -1.49. The lowest BCUT2D eigenvalue weighted by Gasteiger charge is -2.17. The zero-order valence-corrected chi connectivity index (χ0v) is 6.37. The van der Waals surface area contributed by atoms with Crippen molar-refractivity contribution in [3.63, 3.8) is 0 Å². The first-order chi connectivity index (χ1) is 5.79. The maximum Gasteiger partial charge on any atom is 0.238 e. The zero-order valence-electron chi connectivity index (χ0n) is 6.37. The van der Waals surface area contributed by atoms with E-state index in [0.29, 0.717) is 0 Å². The van der Waals surface area contributed by atoms with Crippen LogP contribution in [0.1, 0.15) is 0 Å². The zero-order chi connectivity index (χ0) is 8.55. The molecule has 1 fully saturated rings. The third-order valence-corrected chi connectivity index (χ3v) is 1.99. The number of dihydropyridines is 1. The van der Waals surface area contributed by atoms with Crippen LogP contribution in [0.2, 0.25) is 0 Å². The summed E-state index contributed by atoms with van der Waals surface area (Å²) in [4.78, 5) is 10.9. The fraction of sp³-hybridized carbons (Fsp3) is 0.286. The van der Waals surface area contributed by atoms with Crippen LogP contribution in [-0.4, -0.2) is 18.0 Å². The van der Waals surface area contributed by atoms with Gasteiger partial charge in [-0.05, 0) is 18.4 Å². The van der Waals surface area contributed by atoms with E-state index >= 15 is 0 Å². The molecule has 2 aliphatic heterocycles. The van der Waals surface area contributed by atoms with E-state index in [4.69, 9.17) is 5.73 Å². The second-order valence-corrected chi connectivity index (χ2v) is 2.77. The van der Waals surface area contributed by atoms with Crippen LogP contribution < -0.4 is 21.9 Å². The van der Waals surface area contributed by atoms with E-state index in [-0.39, 0.29) is 18.0 Å². The van der Waals surface area contributed by atoms with E-state index in [1.807, 2.05) is 12.2 Å². The fourth-order valence-corrected chi connectivity index (χ4v) is 1.38. The molecule has 0 aromatic heterocycles. The van der Waals surface area contributed by atoms with Gasteiger partial charge in [-0.25, -0.2) is 5.43 Å². The number of allylic oxidation sites excluding steroid dienone is 2. The molecule has 2 atom stereocenters. The summed E-state index contributed by atoms with van der Waals surface area (Å²) in [6.07, 6.45) is 5.56. The van der Waals surface area contributed by atoms with Gasteiger partial charge < -0.3 is 16.5 Å². The van der Waals surface area contributed by atoms with E-state index in [1.54, 1.807) is 6.20 Å². The van der Waals surface area contributed by atoms with Gasteiger partial charge in [-0.3, -0.25) is 4.79 Å². The third-order valence-electron chi connectivity index (χ3n) is 1.99. The minimum Gasteiger partial charge on any atom is -0.381 e. The van der Waals surface area contributed by atoms with Crippen molar-refractivity contribution in [1.29, 1.82) is 0 Å². The molecule has 0 spiro atoms. The van der Waals surface area contributed by atoms with E-state index in [0.717, 1.165) is 5.70 Å². The molecule has 5 nitrogen and oxygen atoms in total. The Kier molecular flexibility index (Phi) is 1.51. The normalized spacial score (nSPS) is 31.5. The predicted molar refractivity (Wildman–Crippen MR) is 43.4 cm³/mol. The number of rotatable bonds is 1. The SMILES string of the molecule is NC(=O)C1NNC2=CC=CNC21. The molecule has 1 saturated heterocycles. The van der Waals surface area contributed by atoms with Crippen molar-refractivity contribution in [2.45, 2.75) is 12.1 Å². The Balaban J connectivity index is 2.20. The van der Waals surface area contributed by atoms with Crippen molar-refractivity contribution >= 4 is 5.91 Å². The van der Waals surface area contributed by atoms with Gasteiger partial charge in [0.2, 0.25) is 5.91 Å². The highest BCUT2D eigenvalue weighted by atomic mass is 16.1. The van der Waals surface area contributed by atoms with Crippen molar-refractivity contribution < 1.29 is 4.79 Å². The molecule has 5 heteroatoms. The molecule has 0 aromatic carbocycles. The van der Waals surface area contributed by atoms with Gasteiger partial charge in [0.05, 0.1) is 11.7 Å². The largest absolute Gasteiger partial charge is 0.381 e. The Morgan fingerprint density at radius 1 is 1.58 bits per heavy atom. The van der Waals surface area contributed by atoms with E-state index < -0.39 is 0 Å². The Morgan fingerprint density at radius 3 is 3.17 bits per heavy atom. The van der Waals surface area contributed by atoms with Crippen LogP contribution in [0.3, 0.4) is 0 Å². The maximum absolute atomic E-state index is 10.9. The van der Waals surface area contributed by atoms with Crippen LogP contribution in [0, 0.1) is 0 Å². The summed E-state index contributed by atoms with van der Waals surface area (Å²) < 4.78 is 0. The highest BCUT2D eigenvalue weighted by Crippen LogP contribution is 2.12. The molecule has 0 saturated carbocycles. The van der Waals surface area contributed by atoms with Gasteiger partial charge in [0.15, 0.2) is 0 Å². The van der Waals surface area contributed by atoms with Gasteiger partial charge in [0.25, 0.3) is 0 Å². The number of nitrogens with one attached hydrogen (secondary N) is 3. The molecule has 2 rings (SSSR count). The third kappa shape index (κ3) is 0.947. The van der Waals surface area contributed by atoms with Crippen molar-refractivity contribution in [3.05, 3.63) is 24.0 Å². The maximum atomic E-state index is 10.9. The number of nitrogens with two attached hydrogens (primary N) is 1. The summed E-state index contributed by atoms with van der Waals surface area (Å²) in [5.74, 6) is -0.362. The molecule has 0 bridgehead atoms. The molecule has 2 unspecified atom stereocenters. The van der Waals surface area contributed by atoms with Crippen molar-refractivity contribution in [2.24, 2.45) is 5.73 Å². The Morgan fingerprint density at radius 2 is 2.42 bits per heavy atom. The summed E-state index contributed by atoms with van der Waals surface area (Å²) in [6, 6.07) is -0.423.